The van der Waals surface area contributed by atoms with Crippen LogP contribution in [-0.2, 0) is 6.54 Å². The maximum atomic E-state index is 11.5. The number of aromatic nitrogens is 1. The van der Waals surface area contributed by atoms with Crippen LogP contribution in [0.1, 0.15) is 0 Å². The molecular formula is C14H15BrN2O3. The minimum absolute atomic E-state index is 0.202. The van der Waals surface area contributed by atoms with E-state index in [1.54, 1.807) is 24.1 Å². The Labute approximate surface area is 125 Å². The lowest BCUT2D eigenvalue weighted by Crippen LogP contribution is -2.15. The van der Waals surface area contributed by atoms with E-state index in [2.05, 4.69) is 15.9 Å². The fraction of sp³-hybridized carbons (Fsp3) is 0.214. The van der Waals surface area contributed by atoms with Gasteiger partial charge in [0.15, 0.2) is 11.5 Å². The molecule has 0 fully saturated rings. The molecule has 6 heteroatoms. The number of methoxy groups -OCH3 is 1. The van der Waals surface area contributed by atoms with Crippen molar-refractivity contribution < 1.29 is 9.47 Å². The van der Waals surface area contributed by atoms with Gasteiger partial charge in [-0.2, -0.15) is 0 Å². The zero-order chi connectivity index (χ0) is 14.5. The van der Waals surface area contributed by atoms with Crippen LogP contribution in [0, 0.1) is 0 Å². The number of para-hydroxylation sites is 2. The molecule has 1 aromatic carbocycles. The average molecular weight is 339 g/mol. The van der Waals surface area contributed by atoms with Gasteiger partial charge in [-0.25, -0.2) is 0 Å². The summed E-state index contributed by atoms with van der Waals surface area (Å²) in [5, 5.41) is 0. The molecular weight excluding hydrogens is 324 g/mol. The number of rotatable bonds is 5. The summed E-state index contributed by atoms with van der Waals surface area (Å²) in [4.78, 5) is 11.5. The molecule has 0 radical (unpaired) electrons. The number of hydrogen-bond donors (Lipinski definition) is 1. The van der Waals surface area contributed by atoms with Gasteiger partial charge in [0.25, 0.3) is 0 Å². The number of nitrogens with zero attached hydrogens (tertiary/aromatic N) is 1. The van der Waals surface area contributed by atoms with E-state index >= 15 is 0 Å². The maximum Gasteiger partial charge on any atom is 0.218 e. The fourth-order valence-corrected chi connectivity index (χ4v) is 2.24. The number of halogens is 1. The minimum Gasteiger partial charge on any atom is -0.493 e. The highest BCUT2D eigenvalue weighted by Gasteiger charge is 2.04. The third-order valence-electron chi connectivity index (χ3n) is 2.74. The highest BCUT2D eigenvalue weighted by molar-refractivity contribution is 9.10. The van der Waals surface area contributed by atoms with Crippen LogP contribution in [0.2, 0.25) is 0 Å². The molecule has 0 aliphatic rings. The van der Waals surface area contributed by atoms with Gasteiger partial charge in [0, 0.05) is 12.4 Å². The lowest BCUT2D eigenvalue weighted by Gasteiger charge is -2.12. The SMILES string of the molecule is COc1ccccc1OCCn1cc(N)c(=O)c(Br)c1. The molecule has 2 rings (SSSR count). The third-order valence-corrected chi connectivity index (χ3v) is 3.30. The van der Waals surface area contributed by atoms with E-state index in [0.717, 1.165) is 0 Å². The van der Waals surface area contributed by atoms with Crippen LogP contribution < -0.4 is 20.6 Å². The molecule has 0 atom stereocenters. The van der Waals surface area contributed by atoms with Gasteiger partial charge in [0.05, 0.1) is 23.8 Å². The standard InChI is InChI=1S/C14H15BrN2O3/c1-19-12-4-2-3-5-13(12)20-7-6-17-8-10(15)14(18)11(16)9-17/h2-5,8-9H,6-7,16H2,1H3. The van der Waals surface area contributed by atoms with Crippen molar-refractivity contribution in [1.29, 1.82) is 0 Å². The van der Waals surface area contributed by atoms with Crippen LogP contribution in [0.5, 0.6) is 11.5 Å². The quantitative estimate of drug-likeness (QED) is 0.908. The lowest BCUT2D eigenvalue weighted by molar-refractivity contribution is 0.279. The highest BCUT2D eigenvalue weighted by atomic mass is 79.9. The Morgan fingerprint density at radius 1 is 1.25 bits per heavy atom. The number of nitrogen functional groups attached to an aromatic ring is 1. The van der Waals surface area contributed by atoms with Gasteiger partial charge in [-0.1, -0.05) is 12.1 Å². The normalized spacial score (nSPS) is 10.3. The molecule has 1 heterocycles. The van der Waals surface area contributed by atoms with E-state index in [0.29, 0.717) is 29.1 Å². The summed E-state index contributed by atoms with van der Waals surface area (Å²) in [7, 11) is 1.60. The van der Waals surface area contributed by atoms with E-state index in [1.165, 1.54) is 0 Å². The summed E-state index contributed by atoms with van der Waals surface area (Å²) in [6, 6.07) is 7.44. The average Bonchev–Trinajstić information content (AvgIpc) is 2.45. The van der Waals surface area contributed by atoms with Crippen LogP contribution in [0.15, 0.2) is 45.9 Å². The predicted molar refractivity (Wildman–Crippen MR) is 81.3 cm³/mol. The van der Waals surface area contributed by atoms with Crippen molar-refractivity contribution in [2.75, 3.05) is 19.5 Å². The number of benzene rings is 1. The number of pyridine rings is 1. The second-order valence-corrected chi connectivity index (χ2v) is 4.98. The van der Waals surface area contributed by atoms with Gasteiger partial charge in [-0.05, 0) is 28.1 Å². The first-order valence-corrected chi connectivity index (χ1v) is 6.82. The molecule has 0 aliphatic carbocycles. The molecule has 0 aliphatic heterocycles. The molecule has 0 bridgehead atoms. The monoisotopic (exact) mass is 338 g/mol. The first-order valence-electron chi connectivity index (χ1n) is 6.02. The Morgan fingerprint density at radius 3 is 2.60 bits per heavy atom. The number of ether oxygens (including phenoxy) is 2. The zero-order valence-electron chi connectivity index (χ0n) is 11.0. The van der Waals surface area contributed by atoms with E-state index in [9.17, 15) is 4.79 Å². The fourth-order valence-electron chi connectivity index (χ4n) is 1.74. The molecule has 5 nitrogen and oxygen atoms in total. The van der Waals surface area contributed by atoms with Gasteiger partial charge in [-0.3, -0.25) is 4.79 Å². The summed E-state index contributed by atoms with van der Waals surface area (Å²) in [6.07, 6.45) is 3.28. The lowest BCUT2D eigenvalue weighted by atomic mass is 10.3. The van der Waals surface area contributed by atoms with Gasteiger partial charge in [-0.15, -0.1) is 0 Å². The van der Waals surface area contributed by atoms with Crippen LogP contribution in [-0.4, -0.2) is 18.3 Å². The van der Waals surface area contributed by atoms with Crippen molar-refractivity contribution in [2.24, 2.45) is 0 Å². The smallest absolute Gasteiger partial charge is 0.218 e. The third kappa shape index (κ3) is 3.33. The van der Waals surface area contributed by atoms with Crippen molar-refractivity contribution in [3.8, 4) is 11.5 Å². The number of nitrogens with two attached hydrogens (primary N) is 1. The summed E-state index contributed by atoms with van der Waals surface area (Å²) >= 11 is 3.18. The van der Waals surface area contributed by atoms with Gasteiger partial charge < -0.3 is 19.8 Å². The van der Waals surface area contributed by atoms with E-state index in [4.69, 9.17) is 15.2 Å². The second kappa shape index (κ2) is 6.47. The molecule has 2 aromatic rings. The summed E-state index contributed by atoms with van der Waals surface area (Å²) in [5.74, 6) is 1.37. The maximum absolute atomic E-state index is 11.5. The first kappa shape index (κ1) is 14.5. The zero-order valence-corrected chi connectivity index (χ0v) is 12.6. The van der Waals surface area contributed by atoms with Crippen molar-refractivity contribution in [2.45, 2.75) is 6.54 Å². The number of anilines is 1. The van der Waals surface area contributed by atoms with Crippen LogP contribution in [0.25, 0.3) is 0 Å². The summed E-state index contributed by atoms with van der Waals surface area (Å²) in [5.41, 5.74) is 5.63. The molecule has 106 valence electrons. The molecule has 0 unspecified atom stereocenters. The molecule has 20 heavy (non-hydrogen) atoms. The number of hydrogen-bond acceptors (Lipinski definition) is 4. The molecule has 0 amide bonds. The molecule has 0 saturated carbocycles. The van der Waals surface area contributed by atoms with E-state index < -0.39 is 0 Å². The van der Waals surface area contributed by atoms with Crippen molar-refractivity contribution >= 4 is 21.6 Å². The minimum atomic E-state index is -0.202. The van der Waals surface area contributed by atoms with Crippen LogP contribution in [0.3, 0.4) is 0 Å². The highest BCUT2D eigenvalue weighted by Crippen LogP contribution is 2.25. The van der Waals surface area contributed by atoms with Crippen LogP contribution in [0.4, 0.5) is 5.69 Å². The largest absolute Gasteiger partial charge is 0.493 e. The van der Waals surface area contributed by atoms with Crippen molar-refractivity contribution in [1.82, 2.24) is 4.57 Å². The van der Waals surface area contributed by atoms with E-state index in [-0.39, 0.29) is 11.1 Å². The Kier molecular flexibility index (Phi) is 4.68. The van der Waals surface area contributed by atoms with Crippen molar-refractivity contribution in [3.63, 3.8) is 0 Å². The summed E-state index contributed by atoms with van der Waals surface area (Å²) in [6.45, 7) is 1.01. The molecule has 2 N–H and O–H groups in total. The van der Waals surface area contributed by atoms with Gasteiger partial charge >= 0.3 is 0 Å². The Hall–Kier alpha value is -1.95. The summed E-state index contributed by atoms with van der Waals surface area (Å²) < 4.78 is 13.1. The Balaban J connectivity index is 2.01. The molecule has 0 saturated heterocycles. The van der Waals surface area contributed by atoms with E-state index in [1.807, 2.05) is 24.3 Å². The Bertz CT molecular complexity index is 629. The second-order valence-electron chi connectivity index (χ2n) is 4.13. The van der Waals surface area contributed by atoms with Crippen molar-refractivity contribution in [3.05, 3.63) is 51.4 Å². The predicted octanol–water partition coefficient (Wildman–Crippen LogP) is 2.28. The first-order chi connectivity index (χ1) is 9.61. The van der Waals surface area contributed by atoms with Gasteiger partial charge in [0.1, 0.15) is 6.61 Å². The molecule has 1 aromatic heterocycles. The van der Waals surface area contributed by atoms with Gasteiger partial charge in [0.2, 0.25) is 5.43 Å². The Morgan fingerprint density at radius 2 is 1.95 bits per heavy atom. The van der Waals surface area contributed by atoms with Crippen LogP contribution >= 0.6 is 15.9 Å². The topological polar surface area (TPSA) is 66.5 Å². The molecule has 0 spiro atoms.